The van der Waals surface area contributed by atoms with Gasteiger partial charge in [0.15, 0.2) is 8.69 Å². The summed E-state index contributed by atoms with van der Waals surface area (Å²) in [5.74, 6) is -0.875. The van der Waals surface area contributed by atoms with Crippen LogP contribution in [0.15, 0.2) is 30.3 Å². The van der Waals surface area contributed by atoms with Gasteiger partial charge < -0.3 is 19.3 Å². The number of carbonyl (C=O) groups excluding carboxylic acids is 2. The summed E-state index contributed by atoms with van der Waals surface area (Å²) in [4.78, 5) is 24.4. The zero-order chi connectivity index (χ0) is 20.2. The first-order valence-corrected chi connectivity index (χ1v) is 10.0. The number of benzene rings is 1. The van der Waals surface area contributed by atoms with Crippen molar-refractivity contribution >= 4 is 20.7 Å². The lowest BCUT2D eigenvalue weighted by molar-refractivity contribution is -0.150. The molecule has 0 aliphatic rings. The molecule has 0 spiro atoms. The second kappa shape index (κ2) is 12.5. The van der Waals surface area contributed by atoms with E-state index in [0.717, 1.165) is 5.56 Å². The zero-order valence-corrected chi connectivity index (χ0v) is 17.5. The molecule has 0 aliphatic carbocycles. The molecule has 0 saturated heterocycles. The molecule has 0 saturated carbocycles. The minimum atomic E-state index is -1.55. The standard InChI is InChI=1S/C19H30NO6P/c1-5-16(20-19(22)25-12-14-9-7-6-8-10-14)17(26-27-23)15(11-13(2)3)18(21)24-4/h6-10,13,15-17H,5,11-12,27H2,1-4H3,(H,20,22). The van der Waals surface area contributed by atoms with E-state index in [1.54, 1.807) is 0 Å². The fourth-order valence-electron chi connectivity index (χ4n) is 2.89. The van der Waals surface area contributed by atoms with Crippen LogP contribution in [0.5, 0.6) is 0 Å². The number of alkyl carbamates (subject to hydrolysis) is 1. The van der Waals surface area contributed by atoms with Crippen LogP contribution in [-0.4, -0.2) is 31.3 Å². The van der Waals surface area contributed by atoms with Crippen molar-refractivity contribution in [3.63, 3.8) is 0 Å². The normalized spacial score (nSPS) is 14.7. The molecule has 1 amide bonds. The number of hydrogen-bond acceptors (Lipinski definition) is 6. The molecule has 4 atom stereocenters. The van der Waals surface area contributed by atoms with E-state index < -0.39 is 38.8 Å². The van der Waals surface area contributed by atoms with Crippen LogP contribution in [0.3, 0.4) is 0 Å². The van der Waals surface area contributed by atoms with Crippen LogP contribution in [0.25, 0.3) is 0 Å². The van der Waals surface area contributed by atoms with Crippen molar-refractivity contribution in [3.8, 4) is 0 Å². The Bertz CT molecular complexity index is 595. The lowest BCUT2D eigenvalue weighted by Crippen LogP contribution is -2.49. The highest BCUT2D eigenvalue weighted by Gasteiger charge is 2.36. The van der Waals surface area contributed by atoms with Crippen molar-refractivity contribution in [3.05, 3.63) is 35.9 Å². The van der Waals surface area contributed by atoms with E-state index in [4.69, 9.17) is 14.0 Å². The van der Waals surface area contributed by atoms with Gasteiger partial charge in [-0.3, -0.25) is 9.36 Å². The molecular weight excluding hydrogens is 369 g/mol. The van der Waals surface area contributed by atoms with Crippen LogP contribution in [0.1, 0.15) is 39.2 Å². The molecule has 4 unspecified atom stereocenters. The first-order valence-electron chi connectivity index (χ1n) is 9.07. The molecule has 0 heterocycles. The van der Waals surface area contributed by atoms with E-state index in [1.807, 2.05) is 51.1 Å². The van der Waals surface area contributed by atoms with Crippen molar-refractivity contribution in [1.29, 1.82) is 0 Å². The summed E-state index contributed by atoms with van der Waals surface area (Å²) in [6.45, 7) is 5.93. The number of hydrogen-bond donors (Lipinski definition) is 1. The Morgan fingerprint density at radius 3 is 2.37 bits per heavy atom. The third kappa shape index (κ3) is 8.14. The number of carbonyl (C=O) groups is 2. The average molecular weight is 399 g/mol. The second-order valence-corrected chi connectivity index (χ2v) is 7.14. The lowest BCUT2D eigenvalue weighted by Gasteiger charge is -2.31. The summed E-state index contributed by atoms with van der Waals surface area (Å²) in [5.41, 5.74) is 0.866. The molecular formula is C19H30NO6P. The first-order chi connectivity index (χ1) is 12.9. The van der Waals surface area contributed by atoms with Gasteiger partial charge in [-0.2, -0.15) is 0 Å². The van der Waals surface area contributed by atoms with E-state index in [1.165, 1.54) is 7.11 Å². The van der Waals surface area contributed by atoms with Crippen LogP contribution in [-0.2, 0) is 30.0 Å². The lowest BCUT2D eigenvalue weighted by atomic mass is 9.87. The van der Waals surface area contributed by atoms with Crippen molar-refractivity contribution < 1.29 is 28.2 Å². The molecule has 1 rings (SSSR count). The van der Waals surface area contributed by atoms with Crippen molar-refractivity contribution in [2.24, 2.45) is 11.8 Å². The summed E-state index contributed by atoms with van der Waals surface area (Å²) in [5, 5.41) is 2.74. The molecule has 1 N–H and O–H groups in total. The predicted octanol–water partition coefficient (Wildman–Crippen LogP) is 3.58. The molecule has 1 aromatic rings. The van der Waals surface area contributed by atoms with Gasteiger partial charge in [0.1, 0.15) is 6.61 Å². The first kappa shape index (κ1) is 23.2. The minimum Gasteiger partial charge on any atom is -0.469 e. The SMILES string of the molecule is CCC(NC(=O)OCc1ccccc1)C(O[PH2]=O)C(CC(C)C)C(=O)OC. The van der Waals surface area contributed by atoms with Crippen molar-refractivity contribution in [2.45, 2.75) is 52.4 Å². The smallest absolute Gasteiger partial charge is 0.407 e. The Balaban J connectivity index is 2.82. The summed E-state index contributed by atoms with van der Waals surface area (Å²) in [7, 11) is -0.243. The molecule has 0 aliphatic heterocycles. The summed E-state index contributed by atoms with van der Waals surface area (Å²) in [6.07, 6.45) is -0.389. The van der Waals surface area contributed by atoms with Gasteiger partial charge in [-0.25, -0.2) is 4.79 Å². The van der Waals surface area contributed by atoms with Gasteiger partial charge in [0, 0.05) is 0 Å². The number of nitrogens with one attached hydrogen (secondary N) is 1. The monoisotopic (exact) mass is 399 g/mol. The molecule has 152 valence electrons. The van der Waals surface area contributed by atoms with Crippen molar-refractivity contribution in [2.75, 3.05) is 7.11 Å². The Labute approximate surface area is 162 Å². The fraction of sp³-hybridized carbons (Fsp3) is 0.579. The summed E-state index contributed by atoms with van der Waals surface area (Å²) < 4.78 is 26.8. The molecule has 7 nitrogen and oxygen atoms in total. The summed E-state index contributed by atoms with van der Waals surface area (Å²) >= 11 is 0. The third-order valence-corrected chi connectivity index (χ3v) is 4.62. The number of amides is 1. The van der Waals surface area contributed by atoms with Gasteiger partial charge in [-0.1, -0.05) is 51.1 Å². The summed E-state index contributed by atoms with van der Waals surface area (Å²) in [6, 6.07) is 8.78. The zero-order valence-electron chi connectivity index (χ0n) is 16.3. The maximum Gasteiger partial charge on any atom is 0.407 e. The number of esters is 1. The van der Waals surface area contributed by atoms with Gasteiger partial charge in [0.05, 0.1) is 25.2 Å². The predicted molar refractivity (Wildman–Crippen MR) is 104 cm³/mol. The van der Waals surface area contributed by atoms with Crippen molar-refractivity contribution in [1.82, 2.24) is 5.32 Å². The van der Waals surface area contributed by atoms with Crippen LogP contribution in [0.4, 0.5) is 4.79 Å². The topological polar surface area (TPSA) is 90.9 Å². The maximum absolute atomic E-state index is 12.2. The Kier molecular flexibility index (Phi) is 10.8. The van der Waals surface area contributed by atoms with Gasteiger partial charge in [-0.15, -0.1) is 0 Å². The number of ether oxygens (including phenoxy) is 2. The molecule has 8 heteroatoms. The highest BCUT2D eigenvalue weighted by molar-refractivity contribution is 7.17. The number of rotatable bonds is 11. The highest BCUT2D eigenvalue weighted by Crippen LogP contribution is 2.26. The van der Waals surface area contributed by atoms with Gasteiger partial charge >= 0.3 is 12.1 Å². The van der Waals surface area contributed by atoms with E-state index in [-0.39, 0.29) is 12.5 Å². The molecule has 0 bridgehead atoms. The van der Waals surface area contributed by atoms with Crippen LogP contribution < -0.4 is 5.32 Å². The largest absolute Gasteiger partial charge is 0.469 e. The minimum absolute atomic E-state index is 0.133. The van der Waals surface area contributed by atoms with E-state index in [9.17, 15) is 14.2 Å². The third-order valence-electron chi connectivity index (χ3n) is 4.19. The Hall–Kier alpha value is -1.85. The second-order valence-electron chi connectivity index (χ2n) is 6.68. The highest BCUT2D eigenvalue weighted by atomic mass is 31.1. The fourth-order valence-corrected chi connectivity index (χ4v) is 3.40. The maximum atomic E-state index is 12.2. The van der Waals surface area contributed by atoms with E-state index in [2.05, 4.69) is 5.32 Å². The number of methoxy groups -OCH3 is 1. The molecule has 27 heavy (non-hydrogen) atoms. The molecule has 0 aromatic heterocycles. The Morgan fingerprint density at radius 1 is 1.19 bits per heavy atom. The average Bonchev–Trinajstić information content (AvgIpc) is 2.67. The van der Waals surface area contributed by atoms with E-state index >= 15 is 0 Å². The molecule has 1 aromatic carbocycles. The molecule has 0 radical (unpaired) electrons. The van der Waals surface area contributed by atoms with Gasteiger partial charge in [0.25, 0.3) is 0 Å². The quantitative estimate of drug-likeness (QED) is 0.452. The van der Waals surface area contributed by atoms with Gasteiger partial charge in [0.2, 0.25) is 0 Å². The van der Waals surface area contributed by atoms with E-state index in [0.29, 0.717) is 12.8 Å². The van der Waals surface area contributed by atoms with Crippen LogP contribution in [0.2, 0.25) is 0 Å². The molecule has 0 fully saturated rings. The van der Waals surface area contributed by atoms with Gasteiger partial charge in [-0.05, 0) is 24.3 Å². The van der Waals surface area contributed by atoms with Crippen LogP contribution in [0, 0.1) is 11.8 Å². The Morgan fingerprint density at radius 2 is 1.85 bits per heavy atom. The van der Waals surface area contributed by atoms with Crippen LogP contribution >= 0.6 is 8.69 Å².